The minimum Gasteiger partial charge on any atom is -1.00 e. The van der Waals surface area contributed by atoms with Gasteiger partial charge in [-0.3, -0.25) is 0 Å². The first-order valence-corrected chi connectivity index (χ1v) is 15.6. The van der Waals surface area contributed by atoms with Crippen LogP contribution in [0, 0.1) is 0 Å². The van der Waals surface area contributed by atoms with Gasteiger partial charge < -0.3 is 24.8 Å². The molecule has 0 unspecified atom stereocenters. The third-order valence-electron chi connectivity index (χ3n) is 1.88. The van der Waals surface area contributed by atoms with Crippen molar-refractivity contribution in [1.82, 2.24) is 0 Å². The maximum Gasteiger partial charge on any atom is -0.172 e. The summed E-state index contributed by atoms with van der Waals surface area (Å²) >= 11 is 1.51. The van der Waals surface area contributed by atoms with E-state index in [0.717, 1.165) is 0 Å². The second-order valence-electron chi connectivity index (χ2n) is 5.00. The number of hydrogen-bond acceptors (Lipinski definition) is 2. The average molecular weight is 455 g/mol. The minimum absolute atomic E-state index is 0. The maximum atomic E-state index is 5.50. The van der Waals surface area contributed by atoms with E-state index in [9.17, 15) is 0 Å². The molecule has 0 saturated carbocycles. The SMILES string of the molecule is C[Si](=[Zr+2])OCO[Si](C)(C)C.[Cl-].[Cl-].c1cc[cH-]c1.c1cc[cH-]c1. The van der Waals surface area contributed by atoms with E-state index >= 15 is 0 Å². The molecule has 2 nitrogen and oxygen atoms in total. The molecule has 0 aliphatic heterocycles. The molecule has 0 fully saturated rings. The van der Waals surface area contributed by atoms with E-state index < -0.39 is 14.0 Å². The van der Waals surface area contributed by atoms with E-state index in [2.05, 4.69) is 26.2 Å². The second kappa shape index (κ2) is 17.9. The van der Waals surface area contributed by atoms with Gasteiger partial charge in [0.15, 0.2) is 0 Å². The zero-order valence-corrected chi connectivity index (χ0v) is 19.5. The van der Waals surface area contributed by atoms with E-state index in [1.165, 1.54) is 23.3 Å². The van der Waals surface area contributed by atoms with Gasteiger partial charge in [0.05, 0.1) is 0 Å². The topological polar surface area (TPSA) is 18.5 Å². The van der Waals surface area contributed by atoms with E-state index in [-0.39, 0.29) is 24.8 Å². The molecule has 0 radical (unpaired) electrons. The van der Waals surface area contributed by atoms with Gasteiger partial charge in [-0.25, -0.2) is 24.3 Å². The van der Waals surface area contributed by atoms with Gasteiger partial charge >= 0.3 is 79.2 Å². The summed E-state index contributed by atoms with van der Waals surface area (Å²) in [5.74, 6) is 0. The molecule has 0 bridgehead atoms. The van der Waals surface area contributed by atoms with Crippen molar-refractivity contribution in [3.63, 3.8) is 0 Å². The van der Waals surface area contributed by atoms with Crippen LogP contribution in [-0.2, 0) is 32.2 Å². The summed E-state index contributed by atoms with van der Waals surface area (Å²) in [7, 11) is -1.32. The standard InChI is InChI=1S/C5H14O2Si2.2C5H5.2ClH.Zr/c1-8-6-5-7-9(2,3)4;2*1-2-4-5-3-1;;;/h5H2,1-4H3;2*1-5H;2*1H;/q;2*-1;;;+2/p-2. The van der Waals surface area contributed by atoms with Crippen LogP contribution >= 0.6 is 0 Å². The molecule has 0 heterocycles. The third kappa shape index (κ3) is 25.5. The summed E-state index contributed by atoms with van der Waals surface area (Å²) in [6.07, 6.45) is 0. The van der Waals surface area contributed by atoms with E-state index in [0.29, 0.717) is 6.79 Å². The third-order valence-corrected chi connectivity index (χ3v) is 4.48. The minimum atomic E-state index is -1.32. The van der Waals surface area contributed by atoms with Crippen molar-refractivity contribution in [2.75, 3.05) is 6.79 Å². The number of hydrogen-bond donors (Lipinski definition) is 0. The molecule has 0 aromatic heterocycles. The summed E-state index contributed by atoms with van der Waals surface area (Å²) < 4.78 is 10.9. The zero-order chi connectivity index (χ0) is 15.3. The van der Waals surface area contributed by atoms with Gasteiger partial charge in [0.1, 0.15) is 0 Å². The van der Waals surface area contributed by atoms with Crippen molar-refractivity contribution in [1.29, 1.82) is 0 Å². The first kappa shape index (κ1) is 27.4. The Morgan fingerprint density at radius 2 is 1.27 bits per heavy atom. The Balaban J connectivity index is -0.000000254. The fourth-order valence-corrected chi connectivity index (χ4v) is 2.14. The quantitative estimate of drug-likeness (QED) is 0.312. The van der Waals surface area contributed by atoms with Gasteiger partial charge in [-0.15, -0.1) is 0 Å². The Morgan fingerprint density at radius 3 is 1.45 bits per heavy atom. The Bertz CT molecular complexity index is 354. The van der Waals surface area contributed by atoms with Crippen molar-refractivity contribution in [2.45, 2.75) is 26.2 Å². The maximum absolute atomic E-state index is 5.50. The Hall–Kier alpha value is 0.517. The van der Waals surface area contributed by atoms with Crippen LogP contribution in [0.25, 0.3) is 0 Å². The van der Waals surface area contributed by atoms with Crippen molar-refractivity contribution >= 4 is 14.0 Å². The van der Waals surface area contributed by atoms with Crippen molar-refractivity contribution in [3.8, 4) is 0 Å². The molecule has 22 heavy (non-hydrogen) atoms. The van der Waals surface area contributed by atoms with E-state index in [1.54, 1.807) is 0 Å². The second-order valence-corrected chi connectivity index (χ2v) is 16.1. The molecular weight excluding hydrogens is 430 g/mol. The summed E-state index contributed by atoms with van der Waals surface area (Å²) in [6.45, 7) is 9.17. The van der Waals surface area contributed by atoms with Gasteiger partial charge in [-0.1, -0.05) is 0 Å². The van der Waals surface area contributed by atoms with Crippen molar-refractivity contribution in [2.24, 2.45) is 0 Å². The molecule has 7 heteroatoms. The van der Waals surface area contributed by atoms with Crippen molar-refractivity contribution < 1.29 is 57.0 Å². The summed E-state index contributed by atoms with van der Waals surface area (Å²) in [5.41, 5.74) is -0.470. The Kier molecular flexibility index (Phi) is 22.2. The number of halogens is 2. The molecule has 2 aromatic carbocycles. The zero-order valence-electron chi connectivity index (χ0n) is 13.6. The Morgan fingerprint density at radius 1 is 0.909 bits per heavy atom. The number of rotatable bonds is 4. The summed E-state index contributed by atoms with van der Waals surface area (Å²) in [4.78, 5) is 0. The molecule has 124 valence electrons. The van der Waals surface area contributed by atoms with Crippen LogP contribution in [0.15, 0.2) is 60.7 Å². The molecule has 2 aromatic rings. The van der Waals surface area contributed by atoms with Crippen LogP contribution in [0.4, 0.5) is 0 Å². The van der Waals surface area contributed by atoms with Gasteiger partial charge in [-0.2, -0.15) is 36.4 Å². The van der Waals surface area contributed by atoms with Crippen LogP contribution in [-0.4, -0.2) is 20.8 Å². The molecule has 0 amide bonds. The van der Waals surface area contributed by atoms with Crippen LogP contribution < -0.4 is 24.8 Å². The van der Waals surface area contributed by atoms with Crippen LogP contribution in [0.5, 0.6) is 0 Å². The Labute approximate surface area is 163 Å². The molecule has 0 saturated heterocycles. The smallest absolute Gasteiger partial charge is 0.172 e. The van der Waals surface area contributed by atoms with Crippen molar-refractivity contribution in [3.05, 3.63) is 60.7 Å². The fourth-order valence-electron chi connectivity index (χ4n) is 0.936. The molecular formula is C15H24Cl2O2Si2Zr-2. The summed E-state index contributed by atoms with van der Waals surface area (Å²) in [5, 5.41) is 0. The molecule has 0 aliphatic carbocycles. The summed E-state index contributed by atoms with van der Waals surface area (Å²) in [6, 6.07) is 20.0. The normalized spacial score (nSPS) is 9.00. The van der Waals surface area contributed by atoms with Gasteiger partial charge in [-0.05, 0) is 0 Å². The predicted octanol–water partition coefficient (Wildman–Crippen LogP) is -1.70. The van der Waals surface area contributed by atoms with E-state index in [1.807, 2.05) is 60.7 Å². The fraction of sp³-hybridized carbons (Fsp3) is 0.333. The molecule has 0 aliphatic rings. The first-order valence-electron chi connectivity index (χ1n) is 6.57. The van der Waals surface area contributed by atoms with Crippen LogP contribution in [0.2, 0.25) is 26.2 Å². The molecule has 0 N–H and O–H groups in total. The largest absolute Gasteiger partial charge is 1.00 e. The van der Waals surface area contributed by atoms with E-state index in [4.69, 9.17) is 8.85 Å². The van der Waals surface area contributed by atoms with Gasteiger partial charge in [0.25, 0.3) is 0 Å². The molecule has 0 atom stereocenters. The van der Waals surface area contributed by atoms with Gasteiger partial charge in [0, 0.05) is 0 Å². The first-order chi connectivity index (χ1) is 9.42. The van der Waals surface area contributed by atoms with Crippen LogP contribution in [0.1, 0.15) is 0 Å². The molecule has 2 rings (SSSR count). The monoisotopic (exact) mass is 452 g/mol. The average Bonchev–Trinajstić information content (AvgIpc) is 3.07. The molecule has 0 spiro atoms. The predicted molar refractivity (Wildman–Crippen MR) is 86.1 cm³/mol. The van der Waals surface area contributed by atoms with Crippen LogP contribution in [0.3, 0.4) is 0 Å². The van der Waals surface area contributed by atoms with Gasteiger partial charge in [0.2, 0.25) is 0 Å².